The summed E-state index contributed by atoms with van der Waals surface area (Å²) in [5, 5.41) is 3.92. The van der Waals surface area contributed by atoms with E-state index in [2.05, 4.69) is 19.2 Å². The first kappa shape index (κ1) is 15.8. The average molecular weight is 297 g/mol. The summed E-state index contributed by atoms with van der Waals surface area (Å²) >= 11 is 1.68. The number of rotatable bonds is 6. The quantitative estimate of drug-likeness (QED) is 0.852. The molecule has 1 aromatic rings. The zero-order valence-corrected chi connectivity index (χ0v) is 13.1. The van der Waals surface area contributed by atoms with Crippen LogP contribution in [-0.4, -0.2) is 25.0 Å². The van der Waals surface area contributed by atoms with E-state index in [-0.39, 0.29) is 11.9 Å². The van der Waals surface area contributed by atoms with Crippen LogP contribution in [0.1, 0.15) is 44.7 Å². The molecular weight excluding hydrogens is 273 g/mol. The lowest BCUT2D eigenvalue weighted by atomic mass is 10.1. The Balaban J connectivity index is 2.12. The maximum Gasteiger partial charge on any atom is 0.137 e. The van der Waals surface area contributed by atoms with Crippen LogP contribution in [0.15, 0.2) is 23.1 Å². The number of benzene rings is 1. The summed E-state index contributed by atoms with van der Waals surface area (Å²) in [5.41, 5.74) is 1.08. The summed E-state index contributed by atoms with van der Waals surface area (Å²) in [7, 11) is 0. The summed E-state index contributed by atoms with van der Waals surface area (Å²) < 4.78 is 19.6. The van der Waals surface area contributed by atoms with E-state index in [9.17, 15) is 4.39 Å². The minimum absolute atomic E-state index is 0.0934. The molecule has 20 heavy (non-hydrogen) atoms. The smallest absolute Gasteiger partial charge is 0.137 e. The molecule has 0 amide bonds. The third-order valence-electron chi connectivity index (χ3n) is 3.62. The van der Waals surface area contributed by atoms with Crippen molar-refractivity contribution in [2.75, 3.05) is 19.8 Å². The summed E-state index contributed by atoms with van der Waals surface area (Å²) in [6.07, 6.45) is 3.10. The molecule has 0 saturated carbocycles. The van der Waals surface area contributed by atoms with Crippen molar-refractivity contribution in [1.82, 2.24) is 5.32 Å². The molecule has 1 aliphatic heterocycles. The highest BCUT2D eigenvalue weighted by molar-refractivity contribution is 8.00. The molecule has 0 radical (unpaired) electrons. The van der Waals surface area contributed by atoms with Gasteiger partial charge >= 0.3 is 0 Å². The third-order valence-corrected chi connectivity index (χ3v) is 5.09. The van der Waals surface area contributed by atoms with Crippen molar-refractivity contribution >= 4 is 11.8 Å². The van der Waals surface area contributed by atoms with Gasteiger partial charge in [-0.2, -0.15) is 0 Å². The van der Waals surface area contributed by atoms with E-state index in [0.717, 1.165) is 49.5 Å². The molecular formula is C16H24FNOS. The van der Waals surface area contributed by atoms with Crippen LogP contribution in [0.25, 0.3) is 0 Å². The van der Waals surface area contributed by atoms with Gasteiger partial charge < -0.3 is 10.1 Å². The molecule has 2 nitrogen and oxygen atoms in total. The van der Waals surface area contributed by atoms with E-state index in [0.29, 0.717) is 5.25 Å². The Kier molecular flexibility index (Phi) is 6.33. The van der Waals surface area contributed by atoms with Crippen molar-refractivity contribution in [2.24, 2.45) is 0 Å². The second-order valence-corrected chi connectivity index (χ2v) is 6.57. The van der Waals surface area contributed by atoms with Gasteiger partial charge in [0.1, 0.15) is 5.82 Å². The van der Waals surface area contributed by atoms with Crippen LogP contribution in [0.3, 0.4) is 0 Å². The van der Waals surface area contributed by atoms with Gasteiger partial charge in [0.2, 0.25) is 0 Å². The van der Waals surface area contributed by atoms with Crippen molar-refractivity contribution in [1.29, 1.82) is 0 Å². The van der Waals surface area contributed by atoms with Gasteiger partial charge in [0.15, 0.2) is 0 Å². The summed E-state index contributed by atoms with van der Waals surface area (Å²) in [4.78, 5) is 0.815. The molecule has 1 atom stereocenters. The van der Waals surface area contributed by atoms with Crippen LogP contribution in [0.2, 0.25) is 0 Å². The van der Waals surface area contributed by atoms with E-state index in [4.69, 9.17) is 4.74 Å². The Labute approximate surface area is 125 Å². The van der Waals surface area contributed by atoms with E-state index >= 15 is 0 Å². The van der Waals surface area contributed by atoms with Crippen LogP contribution in [0.5, 0.6) is 0 Å². The summed E-state index contributed by atoms with van der Waals surface area (Å²) in [6.45, 7) is 6.80. The first-order valence-electron chi connectivity index (χ1n) is 7.48. The minimum atomic E-state index is -0.0934. The van der Waals surface area contributed by atoms with E-state index < -0.39 is 0 Å². The Morgan fingerprint density at radius 2 is 2.15 bits per heavy atom. The number of hydrogen-bond donors (Lipinski definition) is 1. The summed E-state index contributed by atoms with van der Waals surface area (Å²) in [5.74, 6) is -0.0934. The predicted molar refractivity (Wildman–Crippen MR) is 82.8 cm³/mol. The van der Waals surface area contributed by atoms with Crippen molar-refractivity contribution < 1.29 is 9.13 Å². The molecule has 1 aromatic carbocycles. The lowest BCUT2D eigenvalue weighted by molar-refractivity contribution is 0.1000. The highest BCUT2D eigenvalue weighted by atomic mass is 32.2. The monoisotopic (exact) mass is 297 g/mol. The van der Waals surface area contributed by atoms with Crippen LogP contribution in [0, 0.1) is 5.82 Å². The molecule has 0 aliphatic carbocycles. The molecule has 0 spiro atoms. The minimum Gasteiger partial charge on any atom is -0.381 e. The van der Waals surface area contributed by atoms with Crippen molar-refractivity contribution in [3.8, 4) is 0 Å². The van der Waals surface area contributed by atoms with Gasteiger partial charge in [-0.25, -0.2) is 4.39 Å². The fraction of sp³-hybridized carbons (Fsp3) is 0.625. The normalized spacial score (nSPS) is 18.1. The average Bonchev–Trinajstić information content (AvgIpc) is 2.48. The maximum absolute atomic E-state index is 14.2. The number of halogens is 1. The molecule has 1 aliphatic rings. The number of nitrogens with one attached hydrogen (secondary N) is 1. The molecule has 1 saturated heterocycles. The van der Waals surface area contributed by atoms with Gasteiger partial charge in [-0.3, -0.25) is 0 Å². The molecule has 0 aromatic heterocycles. The van der Waals surface area contributed by atoms with Crippen LogP contribution in [0.4, 0.5) is 4.39 Å². The standard InChI is InChI=1S/C16H24FNOS/c1-3-9-18-12(2)14-5-4-6-15(17)16(14)20-13-7-10-19-11-8-13/h4-6,12-13,18H,3,7-11H2,1-2H3. The maximum atomic E-state index is 14.2. The Morgan fingerprint density at radius 3 is 2.85 bits per heavy atom. The van der Waals surface area contributed by atoms with Gasteiger partial charge in [-0.1, -0.05) is 19.1 Å². The van der Waals surface area contributed by atoms with Gasteiger partial charge in [0.25, 0.3) is 0 Å². The van der Waals surface area contributed by atoms with Crippen LogP contribution >= 0.6 is 11.8 Å². The Hall–Kier alpha value is -0.580. The van der Waals surface area contributed by atoms with E-state index in [1.165, 1.54) is 0 Å². The molecule has 112 valence electrons. The molecule has 1 N–H and O–H groups in total. The van der Waals surface area contributed by atoms with E-state index in [1.807, 2.05) is 12.1 Å². The number of ether oxygens (including phenoxy) is 1. The molecule has 1 heterocycles. The molecule has 1 unspecified atom stereocenters. The second kappa shape index (κ2) is 8.01. The zero-order chi connectivity index (χ0) is 14.4. The van der Waals surface area contributed by atoms with Crippen molar-refractivity contribution in [3.63, 3.8) is 0 Å². The fourth-order valence-corrected chi connectivity index (χ4v) is 3.75. The highest BCUT2D eigenvalue weighted by Gasteiger charge is 2.20. The topological polar surface area (TPSA) is 21.3 Å². The zero-order valence-electron chi connectivity index (χ0n) is 12.3. The predicted octanol–water partition coefficient (Wildman–Crippen LogP) is 4.16. The molecule has 4 heteroatoms. The number of thioether (sulfide) groups is 1. The van der Waals surface area contributed by atoms with E-state index in [1.54, 1.807) is 17.8 Å². The largest absolute Gasteiger partial charge is 0.381 e. The lowest BCUT2D eigenvalue weighted by Crippen LogP contribution is -2.21. The number of hydrogen-bond acceptors (Lipinski definition) is 3. The molecule has 0 bridgehead atoms. The van der Waals surface area contributed by atoms with Gasteiger partial charge in [-0.15, -0.1) is 11.8 Å². The Bertz CT molecular complexity index is 421. The Morgan fingerprint density at radius 1 is 1.40 bits per heavy atom. The SMILES string of the molecule is CCCNC(C)c1cccc(F)c1SC1CCOCC1. The van der Waals surface area contributed by atoms with Gasteiger partial charge in [0.05, 0.1) is 0 Å². The lowest BCUT2D eigenvalue weighted by Gasteiger charge is -2.24. The van der Waals surface area contributed by atoms with Crippen molar-refractivity contribution in [2.45, 2.75) is 49.3 Å². The van der Waals surface area contributed by atoms with Crippen LogP contribution < -0.4 is 5.32 Å². The van der Waals surface area contributed by atoms with Gasteiger partial charge in [0, 0.05) is 29.4 Å². The second-order valence-electron chi connectivity index (χ2n) is 5.26. The molecule has 1 fully saturated rings. The first-order valence-corrected chi connectivity index (χ1v) is 8.36. The van der Waals surface area contributed by atoms with Crippen molar-refractivity contribution in [3.05, 3.63) is 29.6 Å². The van der Waals surface area contributed by atoms with Gasteiger partial charge in [-0.05, 0) is 44.4 Å². The molecule has 2 rings (SSSR count). The fourth-order valence-electron chi connectivity index (χ4n) is 2.42. The van der Waals surface area contributed by atoms with Crippen LogP contribution in [-0.2, 0) is 4.74 Å². The highest BCUT2D eigenvalue weighted by Crippen LogP contribution is 2.36. The first-order chi connectivity index (χ1) is 9.72. The summed E-state index contributed by atoms with van der Waals surface area (Å²) in [6, 6.07) is 5.60. The third kappa shape index (κ3) is 4.21.